The zero-order valence-corrected chi connectivity index (χ0v) is 16.9. The fourth-order valence-corrected chi connectivity index (χ4v) is 3.95. The van der Waals surface area contributed by atoms with Gasteiger partial charge in [-0.3, -0.25) is 9.58 Å². The van der Waals surface area contributed by atoms with Gasteiger partial charge in [0, 0.05) is 44.5 Å². The van der Waals surface area contributed by atoms with Gasteiger partial charge < -0.3 is 4.90 Å². The standard InChI is InChI=1S/C23H25N7/c1-2-5-19(6-3-1)16-30-17-22(14-26-30)21-8-4-7-20(13-21)15-28-9-11-29(12-10-28)23-24-18-25-27-23/h1-8,13-14,17-18H,9-12,15-16H2,(H,24,25,27). The summed E-state index contributed by atoms with van der Waals surface area (Å²) in [4.78, 5) is 9.00. The molecule has 1 fully saturated rings. The van der Waals surface area contributed by atoms with E-state index in [9.17, 15) is 0 Å². The van der Waals surface area contributed by atoms with Gasteiger partial charge >= 0.3 is 0 Å². The molecule has 0 unspecified atom stereocenters. The molecule has 4 aromatic rings. The third-order valence-corrected chi connectivity index (χ3v) is 5.56. The van der Waals surface area contributed by atoms with E-state index in [0.29, 0.717) is 0 Å². The molecule has 0 amide bonds. The Morgan fingerprint density at radius 1 is 0.833 bits per heavy atom. The molecule has 2 aromatic heterocycles. The van der Waals surface area contributed by atoms with Crippen LogP contribution in [0.25, 0.3) is 11.1 Å². The van der Waals surface area contributed by atoms with Crippen LogP contribution in [-0.4, -0.2) is 56.0 Å². The van der Waals surface area contributed by atoms with Crippen molar-refractivity contribution in [1.29, 1.82) is 0 Å². The highest BCUT2D eigenvalue weighted by atomic mass is 15.4. The molecule has 1 N–H and O–H groups in total. The Labute approximate surface area is 176 Å². The summed E-state index contributed by atoms with van der Waals surface area (Å²) >= 11 is 0. The molecule has 0 spiro atoms. The van der Waals surface area contributed by atoms with Crippen molar-refractivity contribution in [2.75, 3.05) is 31.1 Å². The maximum Gasteiger partial charge on any atom is 0.221 e. The van der Waals surface area contributed by atoms with E-state index >= 15 is 0 Å². The number of H-pyrrole nitrogens is 1. The van der Waals surface area contributed by atoms with E-state index in [4.69, 9.17) is 0 Å². The van der Waals surface area contributed by atoms with Crippen molar-refractivity contribution in [3.8, 4) is 11.1 Å². The van der Waals surface area contributed by atoms with Gasteiger partial charge in [-0.15, -0.1) is 0 Å². The highest BCUT2D eigenvalue weighted by Crippen LogP contribution is 2.21. The van der Waals surface area contributed by atoms with Crippen LogP contribution >= 0.6 is 0 Å². The first-order valence-electron chi connectivity index (χ1n) is 10.3. The van der Waals surface area contributed by atoms with Crippen molar-refractivity contribution in [3.05, 3.63) is 84.4 Å². The largest absolute Gasteiger partial charge is 0.339 e. The zero-order chi connectivity index (χ0) is 20.2. The lowest BCUT2D eigenvalue weighted by molar-refractivity contribution is 0.249. The smallest absolute Gasteiger partial charge is 0.221 e. The van der Waals surface area contributed by atoms with Crippen LogP contribution < -0.4 is 4.90 Å². The number of nitrogens with one attached hydrogen (secondary N) is 1. The Morgan fingerprint density at radius 3 is 2.47 bits per heavy atom. The van der Waals surface area contributed by atoms with Crippen LogP contribution in [0.5, 0.6) is 0 Å². The first-order valence-corrected chi connectivity index (χ1v) is 10.3. The average Bonchev–Trinajstić information content (AvgIpc) is 3.48. The van der Waals surface area contributed by atoms with E-state index in [1.807, 2.05) is 16.9 Å². The van der Waals surface area contributed by atoms with Crippen LogP contribution in [0.3, 0.4) is 0 Å². The van der Waals surface area contributed by atoms with Gasteiger partial charge in [-0.25, -0.2) is 5.10 Å². The highest BCUT2D eigenvalue weighted by molar-refractivity contribution is 5.62. The summed E-state index contributed by atoms with van der Waals surface area (Å²) in [5.41, 5.74) is 4.96. The summed E-state index contributed by atoms with van der Waals surface area (Å²) in [6.07, 6.45) is 5.65. The first-order chi connectivity index (χ1) is 14.8. The maximum absolute atomic E-state index is 4.55. The summed E-state index contributed by atoms with van der Waals surface area (Å²) in [6.45, 7) is 5.69. The lowest BCUT2D eigenvalue weighted by atomic mass is 10.1. The minimum absolute atomic E-state index is 0.788. The van der Waals surface area contributed by atoms with E-state index in [-0.39, 0.29) is 0 Å². The SMILES string of the molecule is c1ccc(Cn2cc(-c3cccc(CN4CCN(c5ncn[nH]5)CC4)c3)cn2)cc1. The molecule has 2 aromatic carbocycles. The van der Waals surface area contributed by atoms with Crippen LogP contribution in [-0.2, 0) is 13.1 Å². The van der Waals surface area contributed by atoms with Gasteiger partial charge in [-0.05, 0) is 22.8 Å². The molecule has 7 heteroatoms. The second-order valence-corrected chi connectivity index (χ2v) is 7.68. The molecule has 152 valence electrons. The molecule has 30 heavy (non-hydrogen) atoms. The average molecular weight is 400 g/mol. The number of piperazine rings is 1. The lowest BCUT2D eigenvalue weighted by Gasteiger charge is -2.34. The number of aromatic amines is 1. The van der Waals surface area contributed by atoms with Crippen molar-refractivity contribution < 1.29 is 0 Å². The normalized spacial score (nSPS) is 14.9. The topological polar surface area (TPSA) is 65.9 Å². The lowest BCUT2D eigenvalue weighted by Crippen LogP contribution is -2.46. The fraction of sp³-hybridized carbons (Fsp3) is 0.261. The number of rotatable bonds is 6. The number of nitrogens with zero attached hydrogens (tertiary/aromatic N) is 6. The third-order valence-electron chi connectivity index (χ3n) is 5.56. The van der Waals surface area contributed by atoms with Crippen LogP contribution in [0.2, 0.25) is 0 Å². The number of hydrogen-bond acceptors (Lipinski definition) is 5. The van der Waals surface area contributed by atoms with Gasteiger partial charge in [-0.2, -0.15) is 15.2 Å². The third kappa shape index (κ3) is 4.26. The van der Waals surface area contributed by atoms with Crippen LogP contribution in [0, 0.1) is 0 Å². The van der Waals surface area contributed by atoms with Crippen LogP contribution in [0.1, 0.15) is 11.1 Å². The van der Waals surface area contributed by atoms with Crippen molar-refractivity contribution in [3.63, 3.8) is 0 Å². The quantitative estimate of drug-likeness (QED) is 0.540. The number of aromatic nitrogens is 5. The minimum atomic E-state index is 0.788. The van der Waals surface area contributed by atoms with Gasteiger partial charge in [0.15, 0.2) is 0 Å². The number of anilines is 1. The molecule has 0 saturated carbocycles. The molecular formula is C23H25N7. The summed E-state index contributed by atoms with van der Waals surface area (Å²) in [5, 5.41) is 11.5. The molecule has 3 heterocycles. The van der Waals surface area contributed by atoms with E-state index in [2.05, 4.69) is 84.8 Å². The number of benzene rings is 2. The summed E-state index contributed by atoms with van der Waals surface area (Å²) in [5.74, 6) is 0.865. The van der Waals surface area contributed by atoms with Gasteiger partial charge in [0.2, 0.25) is 5.95 Å². The Morgan fingerprint density at radius 2 is 1.67 bits per heavy atom. The maximum atomic E-state index is 4.55. The molecule has 0 atom stereocenters. The monoisotopic (exact) mass is 399 g/mol. The molecule has 0 bridgehead atoms. The molecule has 5 rings (SSSR count). The molecule has 0 radical (unpaired) electrons. The fourth-order valence-electron chi connectivity index (χ4n) is 3.95. The Hall–Kier alpha value is -3.45. The molecule has 0 aliphatic carbocycles. The summed E-state index contributed by atoms with van der Waals surface area (Å²) < 4.78 is 2.00. The Bertz CT molecular complexity index is 1060. The Balaban J connectivity index is 1.22. The molecule has 7 nitrogen and oxygen atoms in total. The van der Waals surface area contributed by atoms with E-state index in [1.165, 1.54) is 16.7 Å². The predicted octanol–water partition coefficient (Wildman–Crippen LogP) is 3.04. The second kappa shape index (κ2) is 8.51. The number of hydrogen-bond donors (Lipinski definition) is 1. The van der Waals surface area contributed by atoms with Gasteiger partial charge in [0.25, 0.3) is 0 Å². The van der Waals surface area contributed by atoms with Crippen molar-refractivity contribution >= 4 is 5.95 Å². The van der Waals surface area contributed by atoms with Gasteiger partial charge in [0.05, 0.1) is 12.7 Å². The van der Waals surface area contributed by atoms with Crippen molar-refractivity contribution in [2.45, 2.75) is 13.1 Å². The van der Waals surface area contributed by atoms with Crippen molar-refractivity contribution in [1.82, 2.24) is 29.9 Å². The highest BCUT2D eigenvalue weighted by Gasteiger charge is 2.19. The Kier molecular flexibility index (Phi) is 5.26. The summed E-state index contributed by atoms with van der Waals surface area (Å²) in [6, 6.07) is 19.2. The second-order valence-electron chi connectivity index (χ2n) is 7.68. The molecule has 1 aliphatic heterocycles. The van der Waals surface area contributed by atoms with E-state index < -0.39 is 0 Å². The van der Waals surface area contributed by atoms with Crippen molar-refractivity contribution in [2.24, 2.45) is 0 Å². The first kappa shape index (κ1) is 18.6. The predicted molar refractivity (Wildman–Crippen MR) is 117 cm³/mol. The molecule has 1 aliphatic rings. The minimum Gasteiger partial charge on any atom is -0.339 e. The van der Waals surface area contributed by atoms with Gasteiger partial charge in [-0.1, -0.05) is 48.5 Å². The van der Waals surface area contributed by atoms with Gasteiger partial charge in [0.1, 0.15) is 6.33 Å². The molecular weight excluding hydrogens is 374 g/mol. The zero-order valence-electron chi connectivity index (χ0n) is 16.9. The van der Waals surface area contributed by atoms with Crippen LogP contribution in [0.15, 0.2) is 73.3 Å². The van der Waals surface area contributed by atoms with E-state index in [1.54, 1.807) is 6.33 Å². The summed E-state index contributed by atoms with van der Waals surface area (Å²) in [7, 11) is 0. The molecule has 1 saturated heterocycles. The van der Waals surface area contributed by atoms with E-state index in [0.717, 1.165) is 50.8 Å². The van der Waals surface area contributed by atoms with Crippen LogP contribution in [0.4, 0.5) is 5.95 Å².